The Bertz CT molecular complexity index is 305. The van der Waals surface area contributed by atoms with Crippen LogP contribution in [0.5, 0.6) is 0 Å². The third-order valence-electron chi connectivity index (χ3n) is 3.13. The van der Waals surface area contributed by atoms with E-state index in [1.807, 2.05) is 18.7 Å². The third kappa shape index (κ3) is 4.55. The summed E-state index contributed by atoms with van der Waals surface area (Å²) in [7, 11) is 0. The molecular formula is C13H25N3O2. The number of nitrogens with two attached hydrogens (primary N) is 1. The second-order valence-corrected chi connectivity index (χ2v) is 5.72. The van der Waals surface area contributed by atoms with E-state index in [4.69, 9.17) is 5.73 Å². The predicted molar refractivity (Wildman–Crippen MR) is 71.0 cm³/mol. The minimum Gasteiger partial charge on any atom is -0.368 e. The molecule has 104 valence electrons. The number of hydrogen-bond acceptors (Lipinski definition) is 2. The van der Waals surface area contributed by atoms with Gasteiger partial charge in [-0.2, -0.15) is 0 Å². The molecular weight excluding hydrogens is 230 g/mol. The van der Waals surface area contributed by atoms with Crippen molar-refractivity contribution in [1.82, 2.24) is 9.80 Å². The molecule has 1 fully saturated rings. The number of carbonyl (C=O) groups excluding carboxylic acids is 2. The van der Waals surface area contributed by atoms with E-state index in [1.54, 1.807) is 4.90 Å². The molecule has 5 heteroatoms. The molecule has 0 aromatic rings. The Hall–Kier alpha value is -1.26. The lowest BCUT2D eigenvalue weighted by atomic mass is 10.0. The van der Waals surface area contributed by atoms with Crippen molar-refractivity contribution in [1.29, 1.82) is 0 Å². The Labute approximate surface area is 109 Å². The van der Waals surface area contributed by atoms with Crippen LogP contribution in [0.1, 0.15) is 33.6 Å². The SMILES string of the molecule is CC(C)CN(CC(N)=O)C(=O)N1CCCC(C)C1. The summed E-state index contributed by atoms with van der Waals surface area (Å²) in [5.41, 5.74) is 5.21. The van der Waals surface area contributed by atoms with Crippen LogP contribution in [0.2, 0.25) is 0 Å². The van der Waals surface area contributed by atoms with Crippen LogP contribution in [0.3, 0.4) is 0 Å². The molecule has 18 heavy (non-hydrogen) atoms. The first-order valence-electron chi connectivity index (χ1n) is 6.72. The smallest absolute Gasteiger partial charge is 0.320 e. The lowest BCUT2D eigenvalue weighted by molar-refractivity contribution is -0.118. The van der Waals surface area contributed by atoms with Gasteiger partial charge in [-0.05, 0) is 24.7 Å². The minimum atomic E-state index is -0.450. The second-order valence-electron chi connectivity index (χ2n) is 5.72. The summed E-state index contributed by atoms with van der Waals surface area (Å²) in [4.78, 5) is 26.8. The molecule has 1 aliphatic rings. The van der Waals surface area contributed by atoms with Gasteiger partial charge in [0, 0.05) is 19.6 Å². The number of nitrogens with zero attached hydrogens (tertiary/aromatic N) is 2. The zero-order chi connectivity index (χ0) is 13.7. The summed E-state index contributed by atoms with van der Waals surface area (Å²) in [6.45, 7) is 8.37. The van der Waals surface area contributed by atoms with Crippen LogP contribution in [0, 0.1) is 11.8 Å². The van der Waals surface area contributed by atoms with Crippen molar-refractivity contribution in [2.24, 2.45) is 17.6 Å². The van der Waals surface area contributed by atoms with E-state index in [-0.39, 0.29) is 12.6 Å². The quantitative estimate of drug-likeness (QED) is 0.822. The number of amides is 3. The zero-order valence-corrected chi connectivity index (χ0v) is 11.7. The molecule has 0 bridgehead atoms. The first-order chi connectivity index (χ1) is 8.40. The lowest BCUT2D eigenvalue weighted by Gasteiger charge is -2.35. The fourth-order valence-electron chi connectivity index (χ4n) is 2.40. The van der Waals surface area contributed by atoms with Crippen molar-refractivity contribution < 1.29 is 9.59 Å². The van der Waals surface area contributed by atoms with Gasteiger partial charge in [-0.3, -0.25) is 4.79 Å². The molecule has 5 nitrogen and oxygen atoms in total. The van der Waals surface area contributed by atoms with Crippen molar-refractivity contribution in [2.75, 3.05) is 26.2 Å². The van der Waals surface area contributed by atoms with Gasteiger partial charge >= 0.3 is 6.03 Å². The van der Waals surface area contributed by atoms with E-state index >= 15 is 0 Å². The van der Waals surface area contributed by atoms with Crippen molar-refractivity contribution in [3.63, 3.8) is 0 Å². The molecule has 1 saturated heterocycles. The predicted octanol–water partition coefficient (Wildman–Crippen LogP) is 1.28. The summed E-state index contributed by atoms with van der Waals surface area (Å²) in [5, 5.41) is 0. The molecule has 0 aliphatic carbocycles. The van der Waals surface area contributed by atoms with Crippen LogP contribution < -0.4 is 5.73 Å². The first-order valence-corrected chi connectivity index (χ1v) is 6.72. The minimum absolute atomic E-state index is 0.0158. The van der Waals surface area contributed by atoms with E-state index in [9.17, 15) is 9.59 Å². The van der Waals surface area contributed by atoms with Gasteiger partial charge in [0.05, 0.1) is 0 Å². The summed E-state index contributed by atoms with van der Waals surface area (Å²) in [5.74, 6) is 0.418. The zero-order valence-electron chi connectivity index (χ0n) is 11.7. The topological polar surface area (TPSA) is 66.6 Å². The highest BCUT2D eigenvalue weighted by Crippen LogP contribution is 2.17. The number of urea groups is 1. The molecule has 0 aromatic carbocycles. The van der Waals surface area contributed by atoms with Gasteiger partial charge in [0.15, 0.2) is 0 Å². The fraction of sp³-hybridized carbons (Fsp3) is 0.846. The van der Waals surface area contributed by atoms with Crippen LogP contribution in [0.25, 0.3) is 0 Å². The number of piperidine rings is 1. The van der Waals surface area contributed by atoms with E-state index in [2.05, 4.69) is 6.92 Å². The summed E-state index contributed by atoms with van der Waals surface area (Å²) >= 11 is 0. The van der Waals surface area contributed by atoms with E-state index in [0.717, 1.165) is 19.5 Å². The van der Waals surface area contributed by atoms with Crippen molar-refractivity contribution in [3.8, 4) is 0 Å². The Morgan fingerprint density at radius 3 is 2.61 bits per heavy atom. The number of primary amides is 1. The highest BCUT2D eigenvalue weighted by molar-refractivity contribution is 5.83. The molecule has 3 amide bonds. The average molecular weight is 255 g/mol. The molecule has 1 unspecified atom stereocenters. The third-order valence-corrected chi connectivity index (χ3v) is 3.13. The molecule has 2 N–H and O–H groups in total. The largest absolute Gasteiger partial charge is 0.368 e. The molecule has 1 aliphatic heterocycles. The van der Waals surface area contributed by atoms with Crippen LogP contribution in [0.4, 0.5) is 4.79 Å². The molecule has 0 saturated carbocycles. The van der Waals surface area contributed by atoms with Gasteiger partial charge in [0.25, 0.3) is 0 Å². The van der Waals surface area contributed by atoms with E-state index in [1.165, 1.54) is 6.42 Å². The number of hydrogen-bond donors (Lipinski definition) is 1. The van der Waals surface area contributed by atoms with Crippen molar-refractivity contribution in [2.45, 2.75) is 33.6 Å². The van der Waals surface area contributed by atoms with Crippen molar-refractivity contribution >= 4 is 11.9 Å². The molecule has 1 heterocycles. The van der Waals surface area contributed by atoms with Gasteiger partial charge < -0.3 is 15.5 Å². The highest BCUT2D eigenvalue weighted by atomic mass is 16.2. The van der Waals surface area contributed by atoms with Gasteiger partial charge in [-0.15, -0.1) is 0 Å². The Morgan fingerprint density at radius 1 is 1.44 bits per heavy atom. The lowest BCUT2D eigenvalue weighted by Crippen LogP contribution is -2.50. The summed E-state index contributed by atoms with van der Waals surface area (Å²) in [6.07, 6.45) is 2.21. The maximum absolute atomic E-state index is 12.4. The van der Waals surface area contributed by atoms with Crippen LogP contribution in [0.15, 0.2) is 0 Å². The number of carbonyl (C=O) groups is 2. The van der Waals surface area contributed by atoms with Crippen LogP contribution >= 0.6 is 0 Å². The van der Waals surface area contributed by atoms with Gasteiger partial charge in [-0.25, -0.2) is 4.79 Å². The Kier molecular flexibility index (Phi) is 5.44. The molecule has 0 radical (unpaired) electrons. The Morgan fingerprint density at radius 2 is 2.11 bits per heavy atom. The molecule has 1 rings (SSSR count). The van der Waals surface area contributed by atoms with E-state index < -0.39 is 5.91 Å². The van der Waals surface area contributed by atoms with Gasteiger partial charge in [0.1, 0.15) is 6.54 Å². The summed E-state index contributed by atoms with van der Waals surface area (Å²) < 4.78 is 0. The van der Waals surface area contributed by atoms with Gasteiger partial charge in [0.2, 0.25) is 5.91 Å². The fourth-order valence-corrected chi connectivity index (χ4v) is 2.40. The van der Waals surface area contributed by atoms with Gasteiger partial charge in [-0.1, -0.05) is 20.8 Å². The second kappa shape index (κ2) is 6.61. The normalized spacial score (nSPS) is 20.0. The molecule has 0 aromatic heterocycles. The van der Waals surface area contributed by atoms with Crippen molar-refractivity contribution in [3.05, 3.63) is 0 Å². The average Bonchev–Trinajstić information content (AvgIpc) is 2.26. The van der Waals surface area contributed by atoms with Crippen LogP contribution in [-0.2, 0) is 4.79 Å². The number of likely N-dealkylation sites (tertiary alicyclic amines) is 1. The maximum Gasteiger partial charge on any atom is 0.320 e. The maximum atomic E-state index is 12.4. The highest BCUT2D eigenvalue weighted by Gasteiger charge is 2.26. The standard InChI is InChI=1S/C13H25N3O2/c1-10(2)7-16(9-12(14)17)13(18)15-6-4-5-11(3)8-15/h10-11H,4-9H2,1-3H3,(H2,14,17). The first kappa shape index (κ1) is 14.8. The van der Waals surface area contributed by atoms with Crippen LogP contribution in [-0.4, -0.2) is 47.9 Å². The summed E-state index contributed by atoms with van der Waals surface area (Å²) in [6, 6.07) is -0.0472. The monoisotopic (exact) mass is 255 g/mol. The number of rotatable bonds is 4. The Balaban J connectivity index is 2.64. The van der Waals surface area contributed by atoms with E-state index in [0.29, 0.717) is 18.4 Å². The molecule has 1 atom stereocenters. The molecule has 0 spiro atoms.